The molecule has 0 spiro atoms. The van der Waals surface area contributed by atoms with Crippen LogP contribution >= 0.6 is 12.4 Å². The maximum Gasteiger partial charge on any atom is 0.227 e. The molecule has 1 aromatic carbocycles. The first-order valence-corrected chi connectivity index (χ1v) is 6.15. The minimum atomic E-state index is -0.489. The van der Waals surface area contributed by atoms with Gasteiger partial charge in [-0.3, -0.25) is 4.79 Å². The van der Waals surface area contributed by atoms with Gasteiger partial charge in [0.1, 0.15) is 11.6 Å². The zero-order chi connectivity index (χ0) is 13.7. The van der Waals surface area contributed by atoms with Crippen LogP contribution in [0.5, 0.6) is 5.75 Å². The first-order chi connectivity index (χ1) is 9.19. The van der Waals surface area contributed by atoms with Crippen molar-refractivity contribution in [1.82, 2.24) is 5.32 Å². The summed E-state index contributed by atoms with van der Waals surface area (Å²) in [5.41, 5.74) is 0.119. The molecule has 1 aliphatic heterocycles. The largest absolute Gasteiger partial charge is 0.497 e. The monoisotopic (exact) mass is 304 g/mol. The van der Waals surface area contributed by atoms with Gasteiger partial charge in [0.25, 0.3) is 0 Å². The molecule has 1 aromatic rings. The van der Waals surface area contributed by atoms with Gasteiger partial charge in [-0.2, -0.15) is 0 Å². The highest BCUT2D eigenvalue weighted by Gasteiger charge is 2.18. The Morgan fingerprint density at radius 2 is 2.40 bits per heavy atom. The Labute approximate surface area is 123 Å². The Kier molecular flexibility index (Phi) is 6.70. The lowest BCUT2D eigenvalue weighted by Crippen LogP contribution is -2.40. The topological polar surface area (TPSA) is 59.6 Å². The number of carbonyl (C=O) groups is 1. The number of benzene rings is 1. The Morgan fingerprint density at radius 3 is 3.05 bits per heavy atom. The molecular weight excluding hydrogens is 287 g/mol. The van der Waals surface area contributed by atoms with E-state index >= 15 is 0 Å². The van der Waals surface area contributed by atoms with Crippen molar-refractivity contribution >= 4 is 24.0 Å². The molecule has 7 heteroatoms. The van der Waals surface area contributed by atoms with Gasteiger partial charge in [-0.15, -0.1) is 12.4 Å². The van der Waals surface area contributed by atoms with Crippen molar-refractivity contribution in [2.24, 2.45) is 0 Å². The number of ether oxygens (including phenoxy) is 2. The summed E-state index contributed by atoms with van der Waals surface area (Å²) in [7, 11) is 1.49. The SMILES string of the molecule is COc1ccc(F)c(NC(=O)CC2CNCCO2)c1.Cl. The lowest BCUT2D eigenvalue weighted by molar-refractivity contribution is -0.119. The van der Waals surface area contributed by atoms with Gasteiger partial charge in [-0.05, 0) is 12.1 Å². The molecule has 1 atom stereocenters. The van der Waals surface area contributed by atoms with Gasteiger partial charge in [0.2, 0.25) is 5.91 Å². The van der Waals surface area contributed by atoms with Gasteiger partial charge in [-0.25, -0.2) is 4.39 Å². The molecule has 1 saturated heterocycles. The maximum absolute atomic E-state index is 13.5. The van der Waals surface area contributed by atoms with Crippen molar-refractivity contribution < 1.29 is 18.7 Å². The minimum absolute atomic E-state index is 0. The Morgan fingerprint density at radius 1 is 1.60 bits per heavy atom. The molecule has 2 rings (SSSR count). The summed E-state index contributed by atoms with van der Waals surface area (Å²) in [4.78, 5) is 11.8. The number of amides is 1. The van der Waals surface area contributed by atoms with E-state index in [0.29, 0.717) is 18.9 Å². The normalized spacial score (nSPS) is 18.0. The predicted octanol–water partition coefficient (Wildman–Crippen LogP) is 1.57. The highest BCUT2D eigenvalue weighted by atomic mass is 35.5. The molecule has 5 nitrogen and oxygen atoms in total. The average molecular weight is 305 g/mol. The first-order valence-electron chi connectivity index (χ1n) is 6.15. The minimum Gasteiger partial charge on any atom is -0.497 e. The van der Waals surface area contributed by atoms with E-state index in [2.05, 4.69) is 10.6 Å². The summed E-state index contributed by atoms with van der Waals surface area (Å²) in [5.74, 6) is -0.273. The number of rotatable bonds is 4. The van der Waals surface area contributed by atoms with Crippen LogP contribution in [0.1, 0.15) is 6.42 Å². The molecule has 1 heterocycles. The van der Waals surface area contributed by atoms with Gasteiger partial charge >= 0.3 is 0 Å². The van der Waals surface area contributed by atoms with Crippen LogP contribution in [0.15, 0.2) is 18.2 Å². The summed E-state index contributed by atoms with van der Waals surface area (Å²) in [6.45, 7) is 2.02. The van der Waals surface area contributed by atoms with Crippen molar-refractivity contribution in [1.29, 1.82) is 0 Å². The molecule has 112 valence electrons. The quantitative estimate of drug-likeness (QED) is 0.886. The van der Waals surface area contributed by atoms with Crippen molar-refractivity contribution in [3.05, 3.63) is 24.0 Å². The molecule has 1 aliphatic rings. The van der Waals surface area contributed by atoms with Gasteiger partial charge < -0.3 is 20.1 Å². The van der Waals surface area contributed by atoms with Crippen LogP contribution in [0.3, 0.4) is 0 Å². The number of morpholine rings is 1. The summed E-state index contributed by atoms with van der Waals surface area (Å²) in [5, 5.41) is 5.67. The molecule has 1 amide bonds. The molecule has 0 radical (unpaired) electrons. The third-order valence-corrected chi connectivity index (χ3v) is 2.87. The lowest BCUT2D eigenvalue weighted by atomic mass is 10.2. The number of methoxy groups -OCH3 is 1. The molecule has 2 N–H and O–H groups in total. The van der Waals surface area contributed by atoms with Crippen LogP contribution in [0.2, 0.25) is 0 Å². The standard InChI is InChI=1S/C13H17FN2O3.ClH/c1-18-9-2-3-11(14)12(6-9)16-13(17)7-10-8-15-4-5-19-10;/h2-3,6,10,15H,4-5,7-8H2,1H3,(H,16,17);1H. The highest BCUT2D eigenvalue weighted by molar-refractivity contribution is 5.91. The zero-order valence-electron chi connectivity index (χ0n) is 11.1. The number of nitrogens with one attached hydrogen (secondary N) is 2. The van der Waals surface area contributed by atoms with E-state index in [1.807, 2.05) is 0 Å². The van der Waals surface area contributed by atoms with Crippen LogP contribution in [0.4, 0.5) is 10.1 Å². The summed E-state index contributed by atoms with van der Waals surface area (Å²) >= 11 is 0. The van der Waals surface area contributed by atoms with E-state index in [0.717, 1.165) is 6.54 Å². The Balaban J connectivity index is 0.00000200. The molecule has 0 bridgehead atoms. The summed E-state index contributed by atoms with van der Waals surface area (Å²) < 4.78 is 23.9. The van der Waals surface area contributed by atoms with Crippen LogP contribution in [0, 0.1) is 5.82 Å². The second-order valence-electron chi connectivity index (χ2n) is 4.30. The Hall–Kier alpha value is -1.37. The van der Waals surface area contributed by atoms with Crippen molar-refractivity contribution in [3.8, 4) is 5.75 Å². The van der Waals surface area contributed by atoms with Gasteiger partial charge in [0, 0.05) is 19.2 Å². The smallest absolute Gasteiger partial charge is 0.227 e. The van der Waals surface area contributed by atoms with E-state index in [1.54, 1.807) is 0 Å². The van der Waals surface area contributed by atoms with E-state index in [4.69, 9.17) is 9.47 Å². The third-order valence-electron chi connectivity index (χ3n) is 2.87. The summed E-state index contributed by atoms with van der Waals surface area (Å²) in [6, 6.07) is 4.21. The Bertz CT molecular complexity index is 453. The number of halogens is 2. The van der Waals surface area contributed by atoms with Gasteiger partial charge in [-0.1, -0.05) is 0 Å². The maximum atomic E-state index is 13.5. The number of anilines is 1. The average Bonchev–Trinajstić information content (AvgIpc) is 2.42. The fourth-order valence-electron chi connectivity index (χ4n) is 1.89. The predicted molar refractivity (Wildman–Crippen MR) is 76.1 cm³/mol. The number of hydrogen-bond acceptors (Lipinski definition) is 4. The van der Waals surface area contributed by atoms with Crippen LogP contribution in [0.25, 0.3) is 0 Å². The zero-order valence-corrected chi connectivity index (χ0v) is 12.0. The van der Waals surface area contributed by atoms with Crippen LogP contribution in [-0.4, -0.2) is 38.8 Å². The van der Waals surface area contributed by atoms with Crippen LogP contribution in [-0.2, 0) is 9.53 Å². The fourth-order valence-corrected chi connectivity index (χ4v) is 1.89. The van der Waals surface area contributed by atoms with Crippen molar-refractivity contribution in [2.45, 2.75) is 12.5 Å². The molecule has 0 aromatic heterocycles. The van der Waals surface area contributed by atoms with Crippen LogP contribution < -0.4 is 15.4 Å². The van der Waals surface area contributed by atoms with E-state index in [9.17, 15) is 9.18 Å². The second-order valence-corrected chi connectivity index (χ2v) is 4.30. The van der Waals surface area contributed by atoms with Crippen molar-refractivity contribution in [2.75, 3.05) is 32.1 Å². The van der Waals surface area contributed by atoms with E-state index in [-0.39, 0.29) is 36.5 Å². The van der Waals surface area contributed by atoms with Gasteiger partial charge in [0.15, 0.2) is 0 Å². The van der Waals surface area contributed by atoms with E-state index in [1.165, 1.54) is 25.3 Å². The molecular formula is C13H18ClFN2O3. The lowest BCUT2D eigenvalue weighted by Gasteiger charge is -2.23. The fraction of sp³-hybridized carbons (Fsp3) is 0.462. The number of carbonyl (C=O) groups excluding carboxylic acids is 1. The first kappa shape index (κ1) is 16.7. The molecule has 0 aliphatic carbocycles. The molecule has 1 unspecified atom stereocenters. The number of hydrogen-bond donors (Lipinski definition) is 2. The second kappa shape index (κ2) is 8.04. The third kappa shape index (κ3) is 4.63. The highest BCUT2D eigenvalue weighted by Crippen LogP contribution is 2.21. The molecule has 20 heavy (non-hydrogen) atoms. The molecule has 1 fully saturated rings. The molecule has 0 saturated carbocycles. The van der Waals surface area contributed by atoms with Crippen molar-refractivity contribution in [3.63, 3.8) is 0 Å². The van der Waals surface area contributed by atoms with E-state index < -0.39 is 5.82 Å². The summed E-state index contributed by atoms with van der Waals surface area (Å²) in [6.07, 6.45) is 0.0336. The van der Waals surface area contributed by atoms with Gasteiger partial charge in [0.05, 0.1) is 31.9 Å².